The number of hydrogen-bond acceptors (Lipinski definition) is 2. The predicted octanol–water partition coefficient (Wildman–Crippen LogP) is 4.49. The number of ketones is 1. The normalized spacial score (nSPS) is 15.9. The summed E-state index contributed by atoms with van der Waals surface area (Å²) < 4.78 is 6.02. The van der Waals surface area contributed by atoms with E-state index in [1.807, 2.05) is 30.3 Å². The Bertz CT molecular complexity index is 594. The fourth-order valence-corrected chi connectivity index (χ4v) is 2.94. The molecule has 0 spiro atoms. The van der Waals surface area contributed by atoms with Crippen molar-refractivity contribution in [2.24, 2.45) is 0 Å². The van der Waals surface area contributed by atoms with Crippen molar-refractivity contribution in [2.75, 3.05) is 0 Å². The molecule has 2 aromatic carbocycles. The lowest BCUT2D eigenvalue weighted by Gasteiger charge is -2.23. The second-order valence-electron chi connectivity index (χ2n) is 5.63. The van der Waals surface area contributed by atoms with Crippen molar-refractivity contribution in [3.63, 3.8) is 0 Å². The Hall–Kier alpha value is -2.09. The van der Waals surface area contributed by atoms with E-state index in [1.165, 1.54) is 11.1 Å². The van der Waals surface area contributed by atoms with E-state index in [2.05, 4.69) is 24.3 Å². The van der Waals surface area contributed by atoms with Crippen LogP contribution in [0, 0.1) is 0 Å². The average Bonchev–Trinajstić information content (AvgIpc) is 2.55. The first kappa shape index (κ1) is 13.9. The van der Waals surface area contributed by atoms with Crippen LogP contribution < -0.4 is 4.74 Å². The van der Waals surface area contributed by atoms with Gasteiger partial charge in [0.25, 0.3) is 0 Å². The lowest BCUT2D eigenvalue weighted by molar-refractivity contribution is -0.120. The van der Waals surface area contributed by atoms with E-state index in [9.17, 15) is 4.79 Å². The lowest BCUT2D eigenvalue weighted by Crippen LogP contribution is -2.13. The second kappa shape index (κ2) is 6.57. The van der Waals surface area contributed by atoms with Crippen LogP contribution in [0.25, 0.3) is 0 Å². The molecule has 2 nitrogen and oxygen atoms in total. The fourth-order valence-electron chi connectivity index (χ4n) is 2.94. The number of benzene rings is 2. The van der Waals surface area contributed by atoms with Gasteiger partial charge in [0.05, 0.1) is 0 Å². The molecule has 21 heavy (non-hydrogen) atoms. The first-order valence-electron chi connectivity index (χ1n) is 7.60. The highest BCUT2D eigenvalue weighted by molar-refractivity contribution is 5.79. The molecule has 0 aliphatic heterocycles. The molecule has 0 atom stereocenters. The van der Waals surface area contributed by atoms with Gasteiger partial charge in [0, 0.05) is 12.8 Å². The summed E-state index contributed by atoms with van der Waals surface area (Å²) in [5, 5.41) is 0. The minimum absolute atomic E-state index is 0.397. The van der Waals surface area contributed by atoms with Crippen LogP contribution in [0.15, 0.2) is 54.6 Å². The van der Waals surface area contributed by atoms with E-state index >= 15 is 0 Å². The second-order valence-corrected chi connectivity index (χ2v) is 5.63. The largest absolute Gasteiger partial charge is 0.489 e. The zero-order valence-electron chi connectivity index (χ0n) is 12.1. The lowest BCUT2D eigenvalue weighted by atomic mass is 9.83. The molecule has 0 saturated heterocycles. The molecule has 2 heteroatoms. The number of rotatable bonds is 4. The number of carbonyl (C=O) groups excluding carboxylic acids is 1. The SMILES string of the molecule is O=C1CCC(c2ccccc2OCc2ccccc2)CC1. The van der Waals surface area contributed by atoms with E-state index in [1.54, 1.807) is 0 Å². The highest BCUT2D eigenvalue weighted by atomic mass is 16.5. The third-order valence-electron chi connectivity index (χ3n) is 4.14. The van der Waals surface area contributed by atoms with Gasteiger partial charge in [-0.2, -0.15) is 0 Å². The number of ether oxygens (including phenoxy) is 1. The van der Waals surface area contributed by atoms with Crippen molar-refractivity contribution < 1.29 is 9.53 Å². The molecule has 3 rings (SSSR count). The molecule has 0 heterocycles. The Morgan fingerprint density at radius 3 is 2.33 bits per heavy atom. The molecule has 0 unspecified atom stereocenters. The summed E-state index contributed by atoms with van der Waals surface area (Å²) in [6.07, 6.45) is 3.31. The van der Waals surface area contributed by atoms with Crippen molar-refractivity contribution in [2.45, 2.75) is 38.2 Å². The minimum Gasteiger partial charge on any atom is -0.489 e. The van der Waals surface area contributed by atoms with Crippen molar-refractivity contribution in [1.82, 2.24) is 0 Å². The Kier molecular flexibility index (Phi) is 4.34. The molecule has 0 N–H and O–H groups in total. The maximum atomic E-state index is 11.4. The number of hydrogen-bond donors (Lipinski definition) is 0. The molecule has 1 aliphatic rings. The predicted molar refractivity (Wildman–Crippen MR) is 83.4 cm³/mol. The topological polar surface area (TPSA) is 26.3 Å². The molecule has 0 bridgehead atoms. The van der Waals surface area contributed by atoms with Crippen molar-refractivity contribution in [3.8, 4) is 5.75 Å². The summed E-state index contributed by atoms with van der Waals surface area (Å²) in [6.45, 7) is 0.587. The van der Waals surface area contributed by atoms with Crippen LogP contribution in [-0.4, -0.2) is 5.78 Å². The van der Waals surface area contributed by atoms with Crippen LogP contribution in [0.2, 0.25) is 0 Å². The molecule has 0 radical (unpaired) electrons. The maximum Gasteiger partial charge on any atom is 0.132 e. The Labute approximate surface area is 125 Å². The Morgan fingerprint density at radius 1 is 0.905 bits per heavy atom. The van der Waals surface area contributed by atoms with Crippen LogP contribution >= 0.6 is 0 Å². The van der Waals surface area contributed by atoms with Gasteiger partial charge in [-0.1, -0.05) is 48.5 Å². The van der Waals surface area contributed by atoms with Gasteiger partial charge in [0.2, 0.25) is 0 Å². The van der Waals surface area contributed by atoms with Gasteiger partial charge in [0.1, 0.15) is 18.1 Å². The molecule has 0 aromatic heterocycles. The summed E-state index contributed by atoms with van der Waals surface area (Å²) in [5.74, 6) is 1.81. The fraction of sp³-hybridized carbons (Fsp3) is 0.316. The zero-order valence-corrected chi connectivity index (χ0v) is 12.1. The number of para-hydroxylation sites is 1. The van der Waals surface area contributed by atoms with E-state index in [0.29, 0.717) is 31.1 Å². The summed E-state index contributed by atoms with van der Waals surface area (Å²) in [5.41, 5.74) is 2.42. The van der Waals surface area contributed by atoms with Crippen LogP contribution in [0.4, 0.5) is 0 Å². The standard InChI is InChI=1S/C19H20O2/c20-17-12-10-16(11-13-17)18-8-4-5-9-19(18)21-14-15-6-2-1-3-7-15/h1-9,16H,10-14H2. The zero-order chi connectivity index (χ0) is 14.5. The Morgan fingerprint density at radius 2 is 1.57 bits per heavy atom. The first-order valence-corrected chi connectivity index (χ1v) is 7.60. The number of Topliss-reactive ketones (excluding diaryl/α,β-unsaturated/α-hetero) is 1. The quantitative estimate of drug-likeness (QED) is 0.824. The molecule has 1 saturated carbocycles. The summed E-state index contributed by atoms with van der Waals surface area (Å²) in [6, 6.07) is 18.4. The van der Waals surface area contributed by atoms with Gasteiger partial charge < -0.3 is 4.74 Å². The van der Waals surface area contributed by atoms with E-state index < -0.39 is 0 Å². The highest BCUT2D eigenvalue weighted by Gasteiger charge is 2.22. The van der Waals surface area contributed by atoms with E-state index in [0.717, 1.165) is 18.6 Å². The van der Waals surface area contributed by atoms with Gasteiger partial charge in [-0.05, 0) is 36.0 Å². The third-order valence-corrected chi connectivity index (χ3v) is 4.14. The maximum absolute atomic E-state index is 11.4. The van der Waals surface area contributed by atoms with Gasteiger partial charge in [-0.3, -0.25) is 4.79 Å². The van der Waals surface area contributed by atoms with Gasteiger partial charge in [-0.15, -0.1) is 0 Å². The molecule has 108 valence electrons. The monoisotopic (exact) mass is 280 g/mol. The molecule has 0 amide bonds. The summed E-state index contributed by atoms with van der Waals surface area (Å²) in [4.78, 5) is 11.4. The van der Waals surface area contributed by atoms with Crippen molar-refractivity contribution in [1.29, 1.82) is 0 Å². The molecular weight excluding hydrogens is 260 g/mol. The smallest absolute Gasteiger partial charge is 0.132 e. The highest BCUT2D eigenvalue weighted by Crippen LogP contribution is 2.36. The number of carbonyl (C=O) groups is 1. The van der Waals surface area contributed by atoms with Crippen LogP contribution in [0.3, 0.4) is 0 Å². The first-order chi connectivity index (χ1) is 10.3. The average molecular weight is 280 g/mol. The third kappa shape index (κ3) is 3.52. The van der Waals surface area contributed by atoms with Crippen LogP contribution in [-0.2, 0) is 11.4 Å². The Balaban J connectivity index is 1.72. The van der Waals surface area contributed by atoms with Crippen LogP contribution in [0.1, 0.15) is 42.7 Å². The molecular formula is C19H20O2. The molecule has 1 aliphatic carbocycles. The van der Waals surface area contributed by atoms with Gasteiger partial charge in [0.15, 0.2) is 0 Å². The van der Waals surface area contributed by atoms with E-state index in [-0.39, 0.29) is 0 Å². The molecule has 1 fully saturated rings. The van der Waals surface area contributed by atoms with Crippen molar-refractivity contribution in [3.05, 3.63) is 65.7 Å². The van der Waals surface area contributed by atoms with Gasteiger partial charge >= 0.3 is 0 Å². The van der Waals surface area contributed by atoms with Crippen LogP contribution in [0.5, 0.6) is 5.75 Å². The van der Waals surface area contributed by atoms with Gasteiger partial charge in [-0.25, -0.2) is 0 Å². The minimum atomic E-state index is 0.397. The van der Waals surface area contributed by atoms with E-state index in [4.69, 9.17) is 4.74 Å². The van der Waals surface area contributed by atoms with Crippen molar-refractivity contribution >= 4 is 5.78 Å². The summed E-state index contributed by atoms with van der Waals surface area (Å²) in [7, 11) is 0. The molecule has 2 aromatic rings. The summed E-state index contributed by atoms with van der Waals surface area (Å²) >= 11 is 0.